The van der Waals surface area contributed by atoms with Crippen LogP contribution in [0.3, 0.4) is 0 Å². The summed E-state index contributed by atoms with van der Waals surface area (Å²) in [6, 6.07) is 12.1. The van der Waals surface area contributed by atoms with Crippen molar-refractivity contribution in [2.75, 3.05) is 12.4 Å². The maximum atomic E-state index is 12.2. The number of carbonyl (C=O) groups is 1. The molecule has 3 rings (SSSR count). The smallest absolute Gasteiger partial charge is 0.322 e. The van der Waals surface area contributed by atoms with Gasteiger partial charge in [0.1, 0.15) is 5.75 Å². The Labute approximate surface area is 153 Å². The van der Waals surface area contributed by atoms with Crippen LogP contribution in [0.4, 0.5) is 6.01 Å². The average molecular weight is 378 g/mol. The molecule has 1 heterocycles. The minimum Gasteiger partial charge on any atom is -0.497 e. The van der Waals surface area contributed by atoms with Gasteiger partial charge in [0.2, 0.25) is 5.89 Å². The zero-order valence-electron chi connectivity index (χ0n) is 13.1. The lowest BCUT2D eigenvalue weighted by Gasteiger charge is -2.03. The van der Waals surface area contributed by atoms with Crippen LogP contribution in [-0.2, 0) is 6.42 Å². The Balaban J connectivity index is 1.68. The maximum Gasteiger partial charge on any atom is 0.322 e. The van der Waals surface area contributed by atoms with Crippen molar-refractivity contribution in [1.29, 1.82) is 0 Å². The highest BCUT2D eigenvalue weighted by atomic mass is 35.5. The van der Waals surface area contributed by atoms with Gasteiger partial charge in [0.25, 0.3) is 5.91 Å². The summed E-state index contributed by atoms with van der Waals surface area (Å²) in [5, 5.41) is 10.9. The number of amides is 1. The Morgan fingerprint density at radius 2 is 1.92 bits per heavy atom. The monoisotopic (exact) mass is 377 g/mol. The highest BCUT2D eigenvalue weighted by Crippen LogP contribution is 2.22. The van der Waals surface area contributed by atoms with E-state index in [0.717, 1.165) is 11.3 Å². The van der Waals surface area contributed by atoms with E-state index in [1.165, 1.54) is 6.07 Å². The maximum absolute atomic E-state index is 12.2. The van der Waals surface area contributed by atoms with Crippen LogP contribution in [0.2, 0.25) is 10.0 Å². The summed E-state index contributed by atoms with van der Waals surface area (Å²) in [7, 11) is 1.61. The third-order valence-electron chi connectivity index (χ3n) is 3.37. The normalized spacial score (nSPS) is 10.5. The van der Waals surface area contributed by atoms with E-state index in [1.807, 2.05) is 24.3 Å². The molecule has 3 aromatic rings. The first kappa shape index (κ1) is 17.3. The van der Waals surface area contributed by atoms with Crippen LogP contribution < -0.4 is 10.1 Å². The third kappa shape index (κ3) is 4.29. The molecule has 0 aliphatic rings. The summed E-state index contributed by atoms with van der Waals surface area (Å²) in [4.78, 5) is 12.2. The molecule has 128 valence electrons. The van der Waals surface area contributed by atoms with Gasteiger partial charge in [0.05, 0.1) is 24.1 Å². The van der Waals surface area contributed by atoms with E-state index in [1.54, 1.807) is 19.2 Å². The number of nitrogens with zero attached hydrogens (tertiary/aromatic N) is 2. The van der Waals surface area contributed by atoms with Crippen LogP contribution in [0, 0.1) is 0 Å². The Bertz CT molecular complexity index is 894. The highest BCUT2D eigenvalue weighted by Gasteiger charge is 2.15. The molecule has 2 aromatic carbocycles. The van der Waals surface area contributed by atoms with E-state index >= 15 is 0 Å². The third-order valence-corrected chi connectivity index (χ3v) is 3.94. The number of halogens is 2. The van der Waals surface area contributed by atoms with Crippen molar-refractivity contribution in [3.05, 3.63) is 69.5 Å². The van der Waals surface area contributed by atoms with E-state index in [4.69, 9.17) is 32.4 Å². The second kappa shape index (κ2) is 7.55. The number of hydrogen-bond donors (Lipinski definition) is 1. The van der Waals surface area contributed by atoms with E-state index < -0.39 is 5.91 Å². The van der Waals surface area contributed by atoms with Crippen molar-refractivity contribution in [3.8, 4) is 5.75 Å². The Morgan fingerprint density at radius 1 is 1.16 bits per heavy atom. The lowest BCUT2D eigenvalue weighted by atomic mass is 10.1. The molecule has 8 heteroatoms. The van der Waals surface area contributed by atoms with Crippen molar-refractivity contribution in [1.82, 2.24) is 10.2 Å². The molecule has 0 unspecified atom stereocenters. The van der Waals surface area contributed by atoms with Gasteiger partial charge in [0, 0.05) is 5.02 Å². The molecule has 0 aliphatic carbocycles. The highest BCUT2D eigenvalue weighted by molar-refractivity contribution is 6.36. The van der Waals surface area contributed by atoms with Crippen LogP contribution in [0.25, 0.3) is 0 Å². The van der Waals surface area contributed by atoms with Gasteiger partial charge in [-0.1, -0.05) is 40.4 Å². The van der Waals surface area contributed by atoms with Gasteiger partial charge >= 0.3 is 6.01 Å². The molecular formula is C17H13Cl2N3O3. The van der Waals surface area contributed by atoms with Crippen molar-refractivity contribution in [3.63, 3.8) is 0 Å². The Hall–Kier alpha value is -2.57. The van der Waals surface area contributed by atoms with Crippen molar-refractivity contribution >= 4 is 35.1 Å². The zero-order chi connectivity index (χ0) is 17.8. The lowest BCUT2D eigenvalue weighted by molar-refractivity contribution is 0.102. The number of aromatic nitrogens is 2. The number of benzene rings is 2. The molecule has 1 aromatic heterocycles. The minimum atomic E-state index is -0.479. The topological polar surface area (TPSA) is 77.3 Å². The molecule has 0 spiro atoms. The summed E-state index contributed by atoms with van der Waals surface area (Å²) < 4.78 is 10.6. The van der Waals surface area contributed by atoms with Gasteiger partial charge in [-0.05, 0) is 35.9 Å². The molecule has 1 N–H and O–H groups in total. The van der Waals surface area contributed by atoms with E-state index in [0.29, 0.717) is 17.3 Å². The predicted molar refractivity (Wildman–Crippen MR) is 94.5 cm³/mol. The largest absolute Gasteiger partial charge is 0.497 e. The van der Waals surface area contributed by atoms with E-state index in [2.05, 4.69) is 15.5 Å². The lowest BCUT2D eigenvalue weighted by Crippen LogP contribution is -2.12. The second-order valence-electron chi connectivity index (χ2n) is 5.10. The second-order valence-corrected chi connectivity index (χ2v) is 5.95. The van der Waals surface area contributed by atoms with Crippen LogP contribution in [0.5, 0.6) is 5.75 Å². The van der Waals surface area contributed by atoms with E-state index in [9.17, 15) is 4.79 Å². The van der Waals surface area contributed by atoms with Crippen LogP contribution in [0.15, 0.2) is 46.9 Å². The molecule has 25 heavy (non-hydrogen) atoms. The number of carbonyl (C=O) groups excluding carboxylic acids is 1. The fourth-order valence-corrected chi connectivity index (χ4v) is 2.50. The molecule has 0 bridgehead atoms. The molecule has 0 saturated carbocycles. The Kier molecular flexibility index (Phi) is 5.21. The fourth-order valence-electron chi connectivity index (χ4n) is 2.13. The molecule has 0 atom stereocenters. The van der Waals surface area contributed by atoms with Gasteiger partial charge < -0.3 is 9.15 Å². The first-order chi connectivity index (χ1) is 12.0. The minimum absolute atomic E-state index is 0.00967. The molecule has 0 fully saturated rings. The van der Waals surface area contributed by atoms with Gasteiger partial charge in [0.15, 0.2) is 0 Å². The van der Waals surface area contributed by atoms with Crippen molar-refractivity contribution < 1.29 is 13.9 Å². The number of ether oxygens (including phenoxy) is 1. The van der Waals surface area contributed by atoms with Crippen molar-refractivity contribution in [2.45, 2.75) is 6.42 Å². The summed E-state index contributed by atoms with van der Waals surface area (Å²) in [5.74, 6) is 0.658. The molecule has 1 amide bonds. The molecule has 0 saturated heterocycles. The fraction of sp³-hybridized carbons (Fsp3) is 0.118. The first-order valence-electron chi connectivity index (χ1n) is 7.27. The molecule has 0 aliphatic heterocycles. The van der Waals surface area contributed by atoms with Gasteiger partial charge in [-0.25, -0.2) is 0 Å². The summed E-state index contributed by atoms with van der Waals surface area (Å²) >= 11 is 11.9. The zero-order valence-corrected chi connectivity index (χ0v) is 14.6. The standard InChI is InChI=1S/C17H13Cl2N3O3/c1-24-12-5-2-10(3-6-12)8-15-21-22-17(25-15)20-16(23)13-9-11(18)4-7-14(13)19/h2-7,9H,8H2,1H3,(H,20,22,23). The number of methoxy groups -OCH3 is 1. The Morgan fingerprint density at radius 3 is 2.64 bits per heavy atom. The van der Waals surface area contributed by atoms with Gasteiger partial charge in [-0.15, -0.1) is 5.10 Å². The van der Waals surface area contributed by atoms with E-state index in [-0.39, 0.29) is 16.6 Å². The van der Waals surface area contributed by atoms with Crippen LogP contribution in [0.1, 0.15) is 21.8 Å². The number of anilines is 1. The summed E-state index contributed by atoms with van der Waals surface area (Å²) in [5.41, 5.74) is 1.20. The number of hydrogen-bond acceptors (Lipinski definition) is 5. The predicted octanol–water partition coefficient (Wildman–Crippen LogP) is 4.23. The average Bonchev–Trinajstić information content (AvgIpc) is 3.04. The molecular weight excluding hydrogens is 365 g/mol. The number of nitrogens with one attached hydrogen (secondary N) is 1. The molecule has 0 radical (unpaired) electrons. The SMILES string of the molecule is COc1ccc(Cc2nnc(NC(=O)c3cc(Cl)ccc3Cl)o2)cc1. The first-order valence-corrected chi connectivity index (χ1v) is 8.02. The quantitative estimate of drug-likeness (QED) is 0.719. The summed E-state index contributed by atoms with van der Waals surface area (Å²) in [6.07, 6.45) is 0.435. The van der Waals surface area contributed by atoms with Gasteiger partial charge in [-0.2, -0.15) is 0 Å². The van der Waals surface area contributed by atoms with Crippen LogP contribution in [-0.4, -0.2) is 23.2 Å². The summed E-state index contributed by atoms with van der Waals surface area (Å²) in [6.45, 7) is 0. The number of rotatable bonds is 5. The van der Waals surface area contributed by atoms with Gasteiger partial charge in [-0.3, -0.25) is 10.1 Å². The van der Waals surface area contributed by atoms with Crippen molar-refractivity contribution in [2.24, 2.45) is 0 Å². The molecule has 6 nitrogen and oxygen atoms in total. The van der Waals surface area contributed by atoms with Crippen LogP contribution >= 0.6 is 23.2 Å².